The lowest BCUT2D eigenvalue weighted by molar-refractivity contribution is -0.122. The van der Waals surface area contributed by atoms with Gasteiger partial charge in [-0.25, -0.2) is 0 Å². The van der Waals surface area contributed by atoms with Crippen LogP contribution in [-0.4, -0.2) is 50.8 Å². The molecule has 1 aliphatic heterocycles. The summed E-state index contributed by atoms with van der Waals surface area (Å²) in [6, 6.07) is 7.97. The second kappa shape index (κ2) is 9.02. The van der Waals surface area contributed by atoms with Crippen molar-refractivity contribution in [3.8, 4) is 5.75 Å². The molecule has 1 saturated heterocycles. The summed E-state index contributed by atoms with van der Waals surface area (Å²) in [6.07, 6.45) is 7.10. The lowest BCUT2D eigenvalue weighted by Crippen LogP contribution is -2.43. The molecule has 0 aromatic heterocycles. The Labute approximate surface area is 150 Å². The van der Waals surface area contributed by atoms with E-state index in [-0.39, 0.29) is 11.9 Å². The molecule has 1 amide bonds. The van der Waals surface area contributed by atoms with Crippen LogP contribution >= 0.6 is 0 Å². The Bertz CT molecular complexity index is 579. The third-order valence-corrected chi connectivity index (χ3v) is 4.96. The molecule has 5 nitrogen and oxygen atoms in total. The van der Waals surface area contributed by atoms with Crippen molar-refractivity contribution in [3.05, 3.63) is 42.0 Å². The number of rotatable bonds is 7. The normalized spacial score (nSPS) is 21.9. The van der Waals surface area contributed by atoms with E-state index >= 15 is 0 Å². The lowest BCUT2D eigenvalue weighted by Gasteiger charge is -2.31. The van der Waals surface area contributed by atoms with Crippen LogP contribution in [0.4, 0.5) is 0 Å². The summed E-state index contributed by atoms with van der Waals surface area (Å²) in [6.45, 7) is 4.15. The first-order valence-corrected chi connectivity index (χ1v) is 9.14. The van der Waals surface area contributed by atoms with Gasteiger partial charge in [-0.05, 0) is 36.5 Å². The molecule has 0 saturated carbocycles. The predicted molar refractivity (Wildman–Crippen MR) is 97.6 cm³/mol. The van der Waals surface area contributed by atoms with Gasteiger partial charge in [-0.15, -0.1) is 0 Å². The van der Waals surface area contributed by atoms with Crippen LogP contribution < -0.4 is 10.1 Å². The Kier molecular flexibility index (Phi) is 6.48. The van der Waals surface area contributed by atoms with Crippen LogP contribution in [0.5, 0.6) is 5.75 Å². The highest BCUT2D eigenvalue weighted by atomic mass is 16.5. The second-order valence-corrected chi connectivity index (χ2v) is 6.78. The summed E-state index contributed by atoms with van der Waals surface area (Å²) < 4.78 is 10.7. The van der Waals surface area contributed by atoms with Crippen LogP contribution in [0.3, 0.4) is 0 Å². The minimum Gasteiger partial charge on any atom is -0.497 e. The Hall–Kier alpha value is -1.85. The molecule has 1 aliphatic carbocycles. The van der Waals surface area contributed by atoms with Crippen LogP contribution in [0, 0.1) is 5.92 Å². The molecule has 5 heteroatoms. The van der Waals surface area contributed by atoms with Crippen LogP contribution in [0.25, 0.3) is 0 Å². The van der Waals surface area contributed by atoms with E-state index in [0.29, 0.717) is 12.3 Å². The largest absolute Gasteiger partial charge is 0.497 e. The summed E-state index contributed by atoms with van der Waals surface area (Å²) in [4.78, 5) is 14.9. The van der Waals surface area contributed by atoms with Crippen molar-refractivity contribution in [2.24, 2.45) is 5.92 Å². The summed E-state index contributed by atoms with van der Waals surface area (Å²) in [5, 5.41) is 3.25. The van der Waals surface area contributed by atoms with Crippen molar-refractivity contribution >= 4 is 5.91 Å². The van der Waals surface area contributed by atoms with Crippen molar-refractivity contribution in [3.63, 3.8) is 0 Å². The van der Waals surface area contributed by atoms with Gasteiger partial charge >= 0.3 is 0 Å². The summed E-state index contributed by atoms with van der Waals surface area (Å²) in [5.41, 5.74) is 1.11. The zero-order chi connectivity index (χ0) is 17.5. The molecular formula is C20H28N2O3. The molecule has 2 atom stereocenters. The Morgan fingerprint density at radius 3 is 2.72 bits per heavy atom. The van der Waals surface area contributed by atoms with Crippen LogP contribution in [-0.2, 0) is 9.53 Å². The number of methoxy groups -OCH3 is 1. The van der Waals surface area contributed by atoms with E-state index < -0.39 is 0 Å². The van der Waals surface area contributed by atoms with Gasteiger partial charge in [0.05, 0.1) is 26.4 Å². The predicted octanol–water partition coefficient (Wildman–Crippen LogP) is 2.54. The number of carbonyl (C=O) groups is 1. The fraction of sp³-hybridized carbons (Fsp3) is 0.550. The van der Waals surface area contributed by atoms with Gasteiger partial charge in [0.2, 0.25) is 5.91 Å². The van der Waals surface area contributed by atoms with Crippen LogP contribution in [0.1, 0.15) is 30.9 Å². The first-order valence-electron chi connectivity index (χ1n) is 9.14. The molecule has 1 fully saturated rings. The number of nitrogens with one attached hydrogen (secondary N) is 1. The number of nitrogens with zero attached hydrogens (tertiary/aromatic N) is 1. The van der Waals surface area contributed by atoms with Gasteiger partial charge in [0.25, 0.3) is 0 Å². The molecule has 3 rings (SSSR count). The van der Waals surface area contributed by atoms with Gasteiger partial charge in [0, 0.05) is 26.1 Å². The van der Waals surface area contributed by atoms with Gasteiger partial charge in [0.15, 0.2) is 0 Å². The Balaban J connectivity index is 1.65. The third-order valence-electron chi connectivity index (χ3n) is 4.96. The number of carbonyl (C=O) groups excluding carboxylic acids is 1. The first-order chi connectivity index (χ1) is 12.2. The highest BCUT2D eigenvalue weighted by molar-refractivity contribution is 5.77. The minimum absolute atomic E-state index is 0.0121. The molecule has 1 heterocycles. The van der Waals surface area contributed by atoms with Gasteiger partial charge in [-0.1, -0.05) is 24.3 Å². The number of ether oxygens (including phenoxy) is 2. The molecule has 25 heavy (non-hydrogen) atoms. The zero-order valence-corrected chi connectivity index (χ0v) is 14.9. The molecule has 0 bridgehead atoms. The monoisotopic (exact) mass is 344 g/mol. The average Bonchev–Trinajstić information content (AvgIpc) is 3.15. The summed E-state index contributed by atoms with van der Waals surface area (Å²) in [5.74, 6) is 1.35. The van der Waals surface area contributed by atoms with E-state index in [9.17, 15) is 4.79 Å². The standard InChI is InChI=1S/C20H28N2O3/c1-24-18-8-6-17(7-9-18)19(15-22-10-12-25-13-11-22)21-20(23)14-16-4-2-3-5-16/h2,4,6-9,16,19H,3,5,10-15H2,1H3,(H,21,23)/t16-,19-/m1/s1. The highest BCUT2D eigenvalue weighted by Gasteiger charge is 2.22. The number of hydrogen-bond acceptors (Lipinski definition) is 4. The Morgan fingerprint density at radius 1 is 1.32 bits per heavy atom. The number of hydrogen-bond donors (Lipinski definition) is 1. The second-order valence-electron chi connectivity index (χ2n) is 6.78. The molecule has 0 unspecified atom stereocenters. The third kappa shape index (κ3) is 5.31. The van der Waals surface area contributed by atoms with Gasteiger partial charge < -0.3 is 14.8 Å². The number of benzene rings is 1. The summed E-state index contributed by atoms with van der Waals surface area (Å²) >= 11 is 0. The van der Waals surface area contributed by atoms with E-state index in [2.05, 4.69) is 22.4 Å². The van der Waals surface area contributed by atoms with Crippen molar-refractivity contribution in [2.45, 2.75) is 25.3 Å². The van der Waals surface area contributed by atoms with Crippen molar-refractivity contribution in [2.75, 3.05) is 40.0 Å². The van der Waals surface area contributed by atoms with Crippen LogP contribution in [0.2, 0.25) is 0 Å². The summed E-state index contributed by atoms with van der Waals surface area (Å²) in [7, 11) is 1.66. The van der Waals surface area contributed by atoms with E-state index in [0.717, 1.165) is 57.0 Å². The van der Waals surface area contributed by atoms with Crippen LogP contribution in [0.15, 0.2) is 36.4 Å². The number of allylic oxidation sites excluding steroid dienone is 2. The molecule has 1 aromatic carbocycles. The van der Waals surface area contributed by atoms with E-state index in [1.54, 1.807) is 7.11 Å². The first kappa shape index (κ1) is 18.0. The van der Waals surface area contributed by atoms with Crippen molar-refractivity contribution < 1.29 is 14.3 Å². The molecule has 0 spiro atoms. The smallest absolute Gasteiger partial charge is 0.221 e. The quantitative estimate of drug-likeness (QED) is 0.773. The fourth-order valence-electron chi connectivity index (χ4n) is 3.47. The van der Waals surface area contributed by atoms with E-state index in [1.807, 2.05) is 24.3 Å². The number of morpholine rings is 1. The highest BCUT2D eigenvalue weighted by Crippen LogP contribution is 2.23. The van der Waals surface area contributed by atoms with E-state index in [1.165, 1.54) is 0 Å². The maximum atomic E-state index is 12.5. The van der Waals surface area contributed by atoms with Gasteiger partial charge in [-0.3, -0.25) is 9.69 Å². The lowest BCUT2D eigenvalue weighted by atomic mass is 10.0. The van der Waals surface area contributed by atoms with E-state index in [4.69, 9.17) is 9.47 Å². The van der Waals surface area contributed by atoms with Gasteiger partial charge in [-0.2, -0.15) is 0 Å². The van der Waals surface area contributed by atoms with Gasteiger partial charge in [0.1, 0.15) is 5.75 Å². The van der Waals surface area contributed by atoms with Crippen molar-refractivity contribution in [1.29, 1.82) is 0 Å². The zero-order valence-electron chi connectivity index (χ0n) is 14.9. The SMILES string of the molecule is COc1ccc([C@@H](CN2CCOCC2)NC(=O)C[C@@H]2C=CCC2)cc1. The average molecular weight is 344 g/mol. The number of amides is 1. The molecular weight excluding hydrogens is 316 g/mol. The van der Waals surface area contributed by atoms with Crippen molar-refractivity contribution in [1.82, 2.24) is 10.2 Å². The molecule has 1 aromatic rings. The molecule has 136 valence electrons. The maximum absolute atomic E-state index is 12.5. The molecule has 2 aliphatic rings. The molecule has 0 radical (unpaired) electrons. The Morgan fingerprint density at radius 2 is 2.08 bits per heavy atom. The maximum Gasteiger partial charge on any atom is 0.221 e. The topological polar surface area (TPSA) is 50.8 Å². The fourth-order valence-corrected chi connectivity index (χ4v) is 3.47. The molecule has 1 N–H and O–H groups in total. The minimum atomic E-state index is -0.0121.